The summed E-state index contributed by atoms with van der Waals surface area (Å²) < 4.78 is 0. The lowest BCUT2D eigenvalue weighted by molar-refractivity contribution is -0.119. The Labute approximate surface area is 132 Å². The zero-order valence-electron chi connectivity index (χ0n) is 13.0. The van der Waals surface area contributed by atoms with Crippen molar-refractivity contribution in [2.24, 2.45) is 0 Å². The molecule has 1 unspecified atom stereocenters. The van der Waals surface area contributed by atoms with Crippen LogP contribution in [-0.4, -0.2) is 22.0 Å². The number of aromatic nitrogens is 1. The van der Waals surface area contributed by atoms with Crippen molar-refractivity contribution in [3.05, 3.63) is 65.5 Å². The molecule has 1 aromatic heterocycles. The minimum absolute atomic E-state index is 0.289. The highest BCUT2D eigenvalue weighted by Crippen LogP contribution is 2.10. The van der Waals surface area contributed by atoms with Crippen LogP contribution in [0, 0.1) is 0 Å². The zero-order valence-corrected chi connectivity index (χ0v) is 13.0. The number of hydrogen-bond donors (Lipinski definition) is 1. The largest absolute Gasteiger partial charge is 0.393 e. The van der Waals surface area contributed by atoms with Crippen molar-refractivity contribution in [2.45, 2.75) is 45.1 Å². The van der Waals surface area contributed by atoms with E-state index in [1.165, 1.54) is 5.56 Å². The second kappa shape index (κ2) is 8.44. The summed E-state index contributed by atoms with van der Waals surface area (Å²) in [6.45, 7) is 1.79. The van der Waals surface area contributed by atoms with Crippen molar-refractivity contribution in [3.63, 3.8) is 0 Å². The first kappa shape index (κ1) is 16.4. The molecule has 0 amide bonds. The van der Waals surface area contributed by atoms with E-state index in [9.17, 15) is 9.90 Å². The van der Waals surface area contributed by atoms with Gasteiger partial charge in [-0.05, 0) is 48.9 Å². The lowest BCUT2D eigenvalue weighted by atomic mass is 10.0. The Bertz CT molecular complexity index is 576. The second-order valence-corrected chi connectivity index (χ2v) is 5.77. The van der Waals surface area contributed by atoms with Crippen molar-refractivity contribution in [2.75, 3.05) is 0 Å². The number of carbonyl (C=O) groups excluding carboxylic acids is 1. The Hall–Kier alpha value is -2.00. The second-order valence-electron chi connectivity index (χ2n) is 5.77. The monoisotopic (exact) mass is 297 g/mol. The average Bonchev–Trinajstić information content (AvgIpc) is 2.53. The van der Waals surface area contributed by atoms with Crippen LogP contribution in [0.15, 0.2) is 48.8 Å². The number of aliphatic hydroxyl groups excluding tert-OH is 1. The van der Waals surface area contributed by atoms with Crippen molar-refractivity contribution >= 4 is 5.78 Å². The predicted molar refractivity (Wildman–Crippen MR) is 87.7 cm³/mol. The number of Topliss-reactive ketones (excluding diaryl/α,β-unsaturated/α-hetero) is 1. The van der Waals surface area contributed by atoms with Crippen LogP contribution in [-0.2, 0) is 24.1 Å². The van der Waals surface area contributed by atoms with Gasteiger partial charge in [-0.25, -0.2) is 0 Å². The molecule has 0 spiro atoms. The molecule has 0 saturated heterocycles. The molecule has 2 aromatic rings. The lowest BCUT2D eigenvalue weighted by Gasteiger charge is -2.06. The van der Waals surface area contributed by atoms with Crippen molar-refractivity contribution in [1.82, 2.24) is 4.98 Å². The fraction of sp³-hybridized carbons (Fsp3) is 0.368. The van der Waals surface area contributed by atoms with Gasteiger partial charge in [-0.3, -0.25) is 9.78 Å². The molecule has 1 atom stereocenters. The van der Waals surface area contributed by atoms with Crippen molar-refractivity contribution in [1.29, 1.82) is 0 Å². The highest BCUT2D eigenvalue weighted by molar-refractivity contribution is 5.78. The topological polar surface area (TPSA) is 50.2 Å². The van der Waals surface area contributed by atoms with E-state index < -0.39 is 0 Å². The molecule has 0 bridgehead atoms. The summed E-state index contributed by atoms with van der Waals surface area (Å²) >= 11 is 0. The van der Waals surface area contributed by atoms with Crippen LogP contribution in [0.25, 0.3) is 0 Å². The van der Waals surface area contributed by atoms with Gasteiger partial charge in [-0.2, -0.15) is 0 Å². The zero-order chi connectivity index (χ0) is 15.8. The van der Waals surface area contributed by atoms with E-state index in [0.717, 1.165) is 24.0 Å². The van der Waals surface area contributed by atoms with Gasteiger partial charge in [-0.1, -0.05) is 30.3 Å². The molecule has 3 nitrogen and oxygen atoms in total. The van der Waals surface area contributed by atoms with Gasteiger partial charge in [-0.15, -0.1) is 0 Å². The van der Waals surface area contributed by atoms with Gasteiger partial charge in [0.25, 0.3) is 0 Å². The van der Waals surface area contributed by atoms with Gasteiger partial charge in [0.1, 0.15) is 5.78 Å². The third kappa shape index (κ3) is 5.78. The number of nitrogens with zero attached hydrogens (tertiary/aromatic N) is 1. The molecule has 0 saturated carbocycles. The number of pyridine rings is 1. The molecule has 22 heavy (non-hydrogen) atoms. The number of aryl methyl sites for hydroxylation is 2. The smallest absolute Gasteiger partial charge is 0.133 e. The van der Waals surface area contributed by atoms with E-state index in [4.69, 9.17) is 0 Å². The summed E-state index contributed by atoms with van der Waals surface area (Å²) in [6, 6.07) is 12.1. The van der Waals surface area contributed by atoms with Crippen LogP contribution in [0.4, 0.5) is 0 Å². The highest BCUT2D eigenvalue weighted by atomic mass is 16.3. The van der Waals surface area contributed by atoms with Crippen LogP contribution in [0.5, 0.6) is 0 Å². The standard InChI is InChI=1S/C19H23NO2/c1-15(21)13-17-6-4-16(5-7-17)8-10-19(22)11-9-18-3-2-12-20-14-18/h2-7,12,14-15,21H,8-11,13H2,1H3. The Morgan fingerprint density at radius 3 is 2.27 bits per heavy atom. The van der Waals surface area contributed by atoms with Gasteiger partial charge in [0.05, 0.1) is 6.10 Å². The number of rotatable bonds is 8. The molecule has 0 aliphatic heterocycles. The molecule has 3 heteroatoms. The number of benzene rings is 1. The molecule has 2 rings (SSSR count). The minimum Gasteiger partial charge on any atom is -0.393 e. The van der Waals surface area contributed by atoms with E-state index in [1.54, 1.807) is 13.1 Å². The summed E-state index contributed by atoms with van der Waals surface area (Å²) in [5.41, 5.74) is 3.41. The third-order valence-electron chi connectivity index (χ3n) is 3.66. The molecule has 0 radical (unpaired) electrons. The highest BCUT2D eigenvalue weighted by Gasteiger charge is 2.05. The van der Waals surface area contributed by atoms with Crippen LogP contribution in [0.3, 0.4) is 0 Å². The van der Waals surface area contributed by atoms with E-state index >= 15 is 0 Å². The lowest BCUT2D eigenvalue weighted by Crippen LogP contribution is -2.04. The minimum atomic E-state index is -0.320. The quantitative estimate of drug-likeness (QED) is 0.814. The van der Waals surface area contributed by atoms with Gasteiger partial charge in [0, 0.05) is 25.2 Å². The maximum Gasteiger partial charge on any atom is 0.133 e. The van der Waals surface area contributed by atoms with Gasteiger partial charge >= 0.3 is 0 Å². The van der Waals surface area contributed by atoms with E-state index in [0.29, 0.717) is 19.3 Å². The number of carbonyl (C=O) groups is 1. The number of hydrogen-bond acceptors (Lipinski definition) is 3. The molecule has 0 aliphatic rings. The van der Waals surface area contributed by atoms with Gasteiger partial charge < -0.3 is 5.11 Å². The molecular formula is C19H23NO2. The molecule has 116 valence electrons. The third-order valence-corrected chi connectivity index (χ3v) is 3.66. The summed E-state index contributed by atoms with van der Waals surface area (Å²) in [7, 11) is 0. The average molecular weight is 297 g/mol. The van der Waals surface area contributed by atoms with E-state index in [-0.39, 0.29) is 11.9 Å². The van der Waals surface area contributed by atoms with Gasteiger partial charge in [0.15, 0.2) is 0 Å². The molecular weight excluding hydrogens is 274 g/mol. The van der Waals surface area contributed by atoms with Gasteiger partial charge in [0.2, 0.25) is 0 Å². The molecule has 0 fully saturated rings. The Morgan fingerprint density at radius 2 is 1.68 bits per heavy atom. The summed E-state index contributed by atoms with van der Waals surface area (Å²) in [4.78, 5) is 16.0. The van der Waals surface area contributed by atoms with Crippen LogP contribution in [0.1, 0.15) is 36.5 Å². The fourth-order valence-electron chi connectivity index (χ4n) is 2.42. The van der Waals surface area contributed by atoms with Crippen LogP contribution in [0.2, 0.25) is 0 Å². The Morgan fingerprint density at radius 1 is 1.05 bits per heavy atom. The first-order valence-corrected chi connectivity index (χ1v) is 7.80. The SMILES string of the molecule is CC(O)Cc1ccc(CCC(=O)CCc2cccnc2)cc1. The van der Waals surface area contributed by atoms with Crippen LogP contribution < -0.4 is 0 Å². The Balaban J connectivity index is 1.74. The molecule has 1 aromatic carbocycles. The summed E-state index contributed by atoms with van der Waals surface area (Å²) in [5, 5.41) is 9.36. The predicted octanol–water partition coefficient (Wildman–Crippen LogP) is 3.14. The molecule has 0 aliphatic carbocycles. The maximum atomic E-state index is 11.9. The first-order chi connectivity index (χ1) is 10.6. The van der Waals surface area contributed by atoms with Crippen molar-refractivity contribution < 1.29 is 9.90 Å². The normalized spacial score (nSPS) is 12.1. The number of aliphatic hydroxyl groups is 1. The summed E-state index contributed by atoms with van der Waals surface area (Å²) in [6.07, 6.45) is 6.60. The molecule has 1 N–H and O–H groups in total. The maximum absolute atomic E-state index is 11.9. The molecule has 1 heterocycles. The van der Waals surface area contributed by atoms with Crippen LogP contribution >= 0.6 is 0 Å². The summed E-state index contributed by atoms with van der Waals surface area (Å²) in [5.74, 6) is 0.289. The van der Waals surface area contributed by atoms with Crippen molar-refractivity contribution in [3.8, 4) is 0 Å². The first-order valence-electron chi connectivity index (χ1n) is 7.80. The van der Waals surface area contributed by atoms with E-state index in [1.807, 2.05) is 42.6 Å². The van der Waals surface area contributed by atoms with E-state index in [2.05, 4.69) is 4.98 Å². The fourth-order valence-corrected chi connectivity index (χ4v) is 2.42. The Kier molecular flexibility index (Phi) is 6.28. The number of ketones is 1.